The van der Waals surface area contributed by atoms with Crippen LogP contribution >= 0.6 is 0 Å². The fraction of sp³-hybridized carbons (Fsp3) is 0.400. The predicted molar refractivity (Wildman–Crippen MR) is 93.3 cm³/mol. The van der Waals surface area contributed by atoms with Gasteiger partial charge in [0, 0.05) is 6.54 Å². The van der Waals surface area contributed by atoms with Crippen molar-refractivity contribution in [2.75, 3.05) is 13.7 Å². The van der Waals surface area contributed by atoms with E-state index < -0.39 is 0 Å². The second-order valence-electron chi connectivity index (χ2n) is 5.89. The smallest absolute Gasteiger partial charge is 0.119 e. The molecule has 2 atom stereocenters. The van der Waals surface area contributed by atoms with Crippen molar-refractivity contribution < 1.29 is 4.74 Å². The number of benzene rings is 2. The molecule has 0 aromatic heterocycles. The van der Waals surface area contributed by atoms with Crippen molar-refractivity contribution in [1.82, 2.24) is 5.32 Å². The lowest BCUT2D eigenvalue weighted by Crippen LogP contribution is -2.25. The van der Waals surface area contributed by atoms with Gasteiger partial charge >= 0.3 is 0 Å². The first-order chi connectivity index (χ1) is 10.7. The Bertz CT molecular complexity index is 553. The molecule has 0 aliphatic rings. The molecule has 0 heterocycles. The fourth-order valence-corrected chi connectivity index (χ4v) is 3.02. The summed E-state index contributed by atoms with van der Waals surface area (Å²) in [5.41, 5.74) is 2.71. The zero-order chi connectivity index (χ0) is 15.8. The van der Waals surface area contributed by atoms with Crippen LogP contribution in [0.15, 0.2) is 54.6 Å². The van der Waals surface area contributed by atoms with E-state index in [1.807, 2.05) is 6.07 Å². The SMILES string of the molecule is CC[C@@H](c1cccc(OC)c1)[C@@H](C)CNCc1ccccc1. The van der Waals surface area contributed by atoms with Gasteiger partial charge in [-0.05, 0) is 48.1 Å². The van der Waals surface area contributed by atoms with Crippen LogP contribution in [0.1, 0.15) is 37.3 Å². The van der Waals surface area contributed by atoms with Gasteiger partial charge in [0.2, 0.25) is 0 Å². The minimum atomic E-state index is 0.554. The van der Waals surface area contributed by atoms with Crippen LogP contribution in [0, 0.1) is 5.92 Å². The Morgan fingerprint density at radius 1 is 1.05 bits per heavy atom. The van der Waals surface area contributed by atoms with Crippen molar-refractivity contribution >= 4 is 0 Å². The summed E-state index contributed by atoms with van der Waals surface area (Å²) in [4.78, 5) is 0. The molecule has 118 valence electrons. The molecule has 2 rings (SSSR count). The molecule has 0 unspecified atom stereocenters. The quantitative estimate of drug-likeness (QED) is 0.768. The van der Waals surface area contributed by atoms with Gasteiger partial charge in [0.25, 0.3) is 0 Å². The van der Waals surface area contributed by atoms with Crippen LogP contribution in [0.2, 0.25) is 0 Å². The van der Waals surface area contributed by atoms with Gasteiger partial charge in [-0.3, -0.25) is 0 Å². The van der Waals surface area contributed by atoms with Gasteiger partial charge in [0.15, 0.2) is 0 Å². The molecular formula is C20H27NO. The van der Waals surface area contributed by atoms with Crippen LogP contribution in [-0.4, -0.2) is 13.7 Å². The van der Waals surface area contributed by atoms with Crippen molar-refractivity contribution in [3.05, 3.63) is 65.7 Å². The van der Waals surface area contributed by atoms with Crippen LogP contribution in [0.25, 0.3) is 0 Å². The number of nitrogens with one attached hydrogen (secondary N) is 1. The molecule has 2 nitrogen and oxygen atoms in total. The Morgan fingerprint density at radius 2 is 1.82 bits per heavy atom. The third-order valence-electron chi connectivity index (χ3n) is 4.29. The normalized spacial score (nSPS) is 13.6. The van der Waals surface area contributed by atoms with Gasteiger partial charge < -0.3 is 10.1 Å². The molecule has 1 N–H and O–H groups in total. The number of rotatable bonds is 8. The second kappa shape index (κ2) is 8.60. The molecule has 22 heavy (non-hydrogen) atoms. The van der Waals surface area contributed by atoms with Crippen molar-refractivity contribution in [3.63, 3.8) is 0 Å². The summed E-state index contributed by atoms with van der Waals surface area (Å²) in [7, 11) is 1.73. The molecule has 2 aromatic carbocycles. The average molecular weight is 297 g/mol. The average Bonchev–Trinajstić information content (AvgIpc) is 2.57. The Hall–Kier alpha value is -1.80. The fourth-order valence-electron chi connectivity index (χ4n) is 3.02. The highest BCUT2D eigenvalue weighted by Crippen LogP contribution is 2.29. The van der Waals surface area contributed by atoms with Crippen LogP contribution < -0.4 is 10.1 Å². The van der Waals surface area contributed by atoms with E-state index in [0.29, 0.717) is 11.8 Å². The van der Waals surface area contributed by atoms with Crippen LogP contribution in [0.5, 0.6) is 5.75 Å². The van der Waals surface area contributed by atoms with E-state index in [2.05, 4.69) is 67.7 Å². The molecule has 2 heteroatoms. The number of methoxy groups -OCH3 is 1. The molecule has 0 spiro atoms. The minimum absolute atomic E-state index is 0.554. The highest BCUT2D eigenvalue weighted by Gasteiger charge is 2.17. The molecule has 0 saturated carbocycles. The summed E-state index contributed by atoms with van der Waals surface area (Å²) in [6.07, 6.45) is 1.14. The van der Waals surface area contributed by atoms with E-state index in [1.54, 1.807) is 7.11 Å². The van der Waals surface area contributed by atoms with Crippen molar-refractivity contribution in [1.29, 1.82) is 0 Å². The summed E-state index contributed by atoms with van der Waals surface area (Å²) in [6, 6.07) is 19.0. The molecule has 0 fully saturated rings. The Labute approximate surface area is 134 Å². The van der Waals surface area contributed by atoms with Crippen LogP contribution in [0.3, 0.4) is 0 Å². The van der Waals surface area contributed by atoms with E-state index in [1.165, 1.54) is 11.1 Å². The van der Waals surface area contributed by atoms with Gasteiger partial charge in [-0.15, -0.1) is 0 Å². The molecular weight excluding hydrogens is 270 g/mol. The summed E-state index contributed by atoms with van der Waals surface area (Å²) in [5.74, 6) is 2.08. The van der Waals surface area contributed by atoms with Crippen LogP contribution in [0.4, 0.5) is 0 Å². The highest BCUT2D eigenvalue weighted by atomic mass is 16.5. The summed E-state index contributed by atoms with van der Waals surface area (Å²) < 4.78 is 5.35. The monoisotopic (exact) mass is 297 g/mol. The lowest BCUT2D eigenvalue weighted by molar-refractivity contribution is 0.403. The Kier molecular flexibility index (Phi) is 6.47. The summed E-state index contributed by atoms with van der Waals surface area (Å²) >= 11 is 0. The van der Waals surface area contributed by atoms with Gasteiger partial charge in [-0.1, -0.05) is 56.3 Å². The van der Waals surface area contributed by atoms with Gasteiger partial charge in [-0.25, -0.2) is 0 Å². The van der Waals surface area contributed by atoms with Crippen molar-refractivity contribution in [2.24, 2.45) is 5.92 Å². The zero-order valence-electron chi connectivity index (χ0n) is 13.9. The van der Waals surface area contributed by atoms with E-state index in [0.717, 1.165) is 25.3 Å². The molecule has 0 radical (unpaired) electrons. The van der Waals surface area contributed by atoms with Gasteiger partial charge in [0.1, 0.15) is 5.75 Å². The summed E-state index contributed by atoms with van der Waals surface area (Å²) in [6.45, 7) is 6.54. The Balaban J connectivity index is 1.92. The first-order valence-electron chi connectivity index (χ1n) is 8.13. The first-order valence-corrected chi connectivity index (χ1v) is 8.13. The van der Waals surface area contributed by atoms with E-state index in [9.17, 15) is 0 Å². The molecule has 0 amide bonds. The molecule has 0 aliphatic carbocycles. The maximum Gasteiger partial charge on any atom is 0.119 e. The standard InChI is InChI=1S/C20H27NO/c1-4-20(18-11-8-12-19(13-18)22-3)16(2)14-21-15-17-9-6-5-7-10-17/h5-13,16,20-21H,4,14-15H2,1-3H3/t16-,20+/m0/s1. The molecule has 0 bridgehead atoms. The van der Waals surface area contributed by atoms with E-state index in [-0.39, 0.29) is 0 Å². The largest absolute Gasteiger partial charge is 0.497 e. The van der Waals surface area contributed by atoms with Gasteiger partial charge in [0.05, 0.1) is 7.11 Å². The number of hydrogen-bond donors (Lipinski definition) is 1. The van der Waals surface area contributed by atoms with Crippen LogP contribution in [-0.2, 0) is 6.54 Å². The zero-order valence-corrected chi connectivity index (χ0v) is 13.9. The molecule has 0 saturated heterocycles. The lowest BCUT2D eigenvalue weighted by Gasteiger charge is -2.24. The van der Waals surface area contributed by atoms with Gasteiger partial charge in [-0.2, -0.15) is 0 Å². The first kappa shape index (κ1) is 16.6. The van der Waals surface area contributed by atoms with Crippen molar-refractivity contribution in [3.8, 4) is 5.75 Å². The van der Waals surface area contributed by atoms with E-state index in [4.69, 9.17) is 4.74 Å². The van der Waals surface area contributed by atoms with E-state index >= 15 is 0 Å². The highest BCUT2D eigenvalue weighted by molar-refractivity contribution is 5.31. The van der Waals surface area contributed by atoms with Crippen molar-refractivity contribution in [2.45, 2.75) is 32.7 Å². The minimum Gasteiger partial charge on any atom is -0.497 e. The third-order valence-corrected chi connectivity index (χ3v) is 4.29. The Morgan fingerprint density at radius 3 is 2.50 bits per heavy atom. The summed E-state index contributed by atoms with van der Waals surface area (Å²) in [5, 5.41) is 3.58. The molecule has 2 aromatic rings. The topological polar surface area (TPSA) is 21.3 Å². The number of hydrogen-bond acceptors (Lipinski definition) is 2. The maximum atomic E-state index is 5.35. The maximum absolute atomic E-state index is 5.35. The lowest BCUT2D eigenvalue weighted by atomic mass is 9.85. The number of ether oxygens (including phenoxy) is 1. The molecule has 0 aliphatic heterocycles. The second-order valence-corrected chi connectivity index (χ2v) is 5.89. The predicted octanol–water partition coefficient (Wildman–Crippen LogP) is 4.61. The third kappa shape index (κ3) is 4.60.